The summed E-state index contributed by atoms with van der Waals surface area (Å²) in [6.07, 6.45) is 0. The molecule has 0 aliphatic carbocycles. The molecular formula is C19H17ClO3. The molecule has 1 N–H and O–H groups in total. The molecule has 2 aromatic carbocycles. The number of hydrogen-bond acceptors (Lipinski definition) is 3. The van der Waals surface area contributed by atoms with Gasteiger partial charge in [-0.3, -0.25) is 0 Å². The lowest BCUT2D eigenvalue weighted by Gasteiger charge is -2.16. The first-order valence-electron chi connectivity index (χ1n) is 7.34. The van der Waals surface area contributed by atoms with Gasteiger partial charge in [0.25, 0.3) is 0 Å². The van der Waals surface area contributed by atoms with E-state index in [0.29, 0.717) is 10.6 Å². The van der Waals surface area contributed by atoms with E-state index in [9.17, 15) is 9.90 Å². The average molecular weight is 329 g/mol. The van der Waals surface area contributed by atoms with E-state index < -0.39 is 11.6 Å². The second kappa shape index (κ2) is 5.43. The molecule has 1 heterocycles. The molecule has 4 heteroatoms. The van der Waals surface area contributed by atoms with E-state index in [1.807, 2.05) is 43.3 Å². The molecular weight excluding hydrogens is 312 g/mol. The van der Waals surface area contributed by atoms with Crippen molar-refractivity contribution < 1.29 is 14.6 Å². The molecule has 0 aromatic heterocycles. The van der Waals surface area contributed by atoms with Crippen molar-refractivity contribution in [1.82, 2.24) is 0 Å². The maximum Gasteiger partial charge on any atom is 0.343 e. The number of ether oxygens (including phenoxy) is 1. The minimum Gasteiger partial charge on any atom is -0.507 e. The van der Waals surface area contributed by atoms with Crippen LogP contribution >= 0.6 is 11.6 Å². The number of halogens is 1. The summed E-state index contributed by atoms with van der Waals surface area (Å²) in [6, 6.07) is 13.4. The van der Waals surface area contributed by atoms with Gasteiger partial charge in [0.15, 0.2) is 11.4 Å². The number of rotatable bonds is 2. The highest BCUT2D eigenvalue weighted by molar-refractivity contribution is 6.34. The Morgan fingerprint density at radius 2 is 1.74 bits per heavy atom. The highest BCUT2D eigenvalue weighted by atomic mass is 35.5. The van der Waals surface area contributed by atoms with Gasteiger partial charge in [-0.1, -0.05) is 41.9 Å². The van der Waals surface area contributed by atoms with Crippen molar-refractivity contribution in [3.05, 3.63) is 64.4 Å². The molecule has 3 nitrogen and oxygen atoms in total. The molecule has 0 fully saturated rings. The van der Waals surface area contributed by atoms with Crippen LogP contribution in [0.4, 0.5) is 0 Å². The predicted octanol–water partition coefficient (Wildman–Crippen LogP) is 4.92. The van der Waals surface area contributed by atoms with Crippen molar-refractivity contribution in [1.29, 1.82) is 0 Å². The lowest BCUT2D eigenvalue weighted by molar-refractivity contribution is -0.143. The van der Waals surface area contributed by atoms with E-state index in [4.69, 9.17) is 16.3 Å². The van der Waals surface area contributed by atoms with Gasteiger partial charge in [0.2, 0.25) is 0 Å². The van der Waals surface area contributed by atoms with Gasteiger partial charge in [0.1, 0.15) is 5.57 Å². The summed E-state index contributed by atoms with van der Waals surface area (Å²) in [5, 5.41) is 10.9. The second-order valence-corrected chi connectivity index (χ2v) is 6.54. The Balaban J connectivity index is 2.16. The SMILES string of the molecule is Cc1cc(-c2ccccc2)c(Cl)cc1C1=C(O)C(C)(C)OC1=O. The van der Waals surface area contributed by atoms with Gasteiger partial charge >= 0.3 is 5.97 Å². The van der Waals surface area contributed by atoms with Gasteiger partial charge in [0, 0.05) is 10.6 Å². The summed E-state index contributed by atoms with van der Waals surface area (Å²) in [6.45, 7) is 5.20. The Bertz CT molecular complexity index is 820. The normalized spacial score (nSPS) is 16.6. The summed E-state index contributed by atoms with van der Waals surface area (Å²) in [5.41, 5.74) is 2.52. The van der Waals surface area contributed by atoms with Gasteiger partial charge in [-0.2, -0.15) is 0 Å². The van der Waals surface area contributed by atoms with Gasteiger partial charge in [0.05, 0.1) is 0 Å². The fraction of sp³-hybridized carbons (Fsp3) is 0.211. The number of cyclic esters (lactones) is 1. The Morgan fingerprint density at radius 3 is 2.30 bits per heavy atom. The lowest BCUT2D eigenvalue weighted by Crippen LogP contribution is -2.22. The molecule has 0 unspecified atom stereocenters. The van der Waals surface area contributed by atoms with Crippen molar-refractivity contribution in [3.8, 4) is 11.1 Å². The van der Waals surface area contributed by atoms with Gasteiger partial charge in [-0.25, -0.2) is 4.79 Å². The largest absolute Gasteiger partial charge is 0.507 e. The molecule has 0 saturated carbocycles. The number of carbonyl (C=O) groups is 1. The first kappa shape index (κ1) is 15.6. The molecule has 3 rings (SSSR count). The molecule has 0 amide bonds. The third-order valence-electron chi connectivity index (χ3n) is 4.03. The predicted molar refractivity (Wildman–Crippen MR) is 91.3 cm³/mol. The molecule has 2 aromatic rings. The zero-order valence-corrected chi connectivity index (χ0v) is 13.9. The molecule has 1 aliphatic rings. The number of aliphatic hydroxyl groups excluding tert-OH is 1. The van der Waals surface area contributed by atoms with Crippen molar-refractivity contribution in [3.63, 3.8) is 0 Å². The standard InChI is InChI=1S/C19H17ClO3/c1-11-9-14(12-7-5-4-6-8-12)15(20)10-13(11)16-17(21)19(2,3)23-18(16)22/h4-10,21H,1-3H3. The maximum atomic E-state index is 12.1. The van der Waals surface area contributed by atoms with Crippen LogP contribution in [-0.4, -0.2) is 16.7 Å². The van der Waals surface area contributed by atoms with E-state index in [1.54, 1.807) is 19.9 Å². The van der Waals surface area contributed by atoms with Gasteiger partial charge in [-0.15, -0.1) is 0 Å². The van der Waals surface area contributed by atoms with Crippen LogP contribution in [0.15, 0.2) is 48.2 Å². The summed E-state index contributed by atoms with van der Waals surface area (Å²) < 4.78 is 5.23. The molecule has 1 aliphatic heterocycles. The van der Waals surface area contributed by atoms with E-state index in [2.05, 4.69) is 0 Å². The van der Waals surface area contributed by atoms with E-state index in [-0.39, 0.29) is 11.3 Å². The fourth-order valence-electron chi connectivity index (χ4n) is 2.76. The Morgan fingerprint density at radius 1 is 1.09 bits per heavy atom. The van der Waals surface area contributed by atoms with Crippen LogP contribution in [0.1, 0.15) is 25.0 Å². The van der Waals surface area contributed by atoms with Crippen LogP contribution in [0.25, 0.3) is 16.7 Å². The van der Waals surface area contributed by atoms with E-state index in [0.717, 1.165) is 16.7 Å². The molecule has 0 spiro atoms. The molecule has 0 atom stereocenters. The van der Waals surface area contributed by atoms with Crippen molar-refractivity contribution >= 4 is 23.1 Å². The van der Waals surface area contributed by atoms with Crippen LogP contribution in [0, 0.1) is 6.92 Å². The first-order valence-corrected chi connectivity index (χ1v) is 7.72. The monoisotopic (exact) mass is 328 g/mol. The van der Waals surface area contributed by atoms with Crippen LogP contribution in [0.5, 0.6) is 0 Å². The molecule has 0 saturated heterocycles. The van der Waals surface area contributed by atoms with Crippen LogP contribution in [0.3, 0.4) is 0 Å². The molecule has 118 valence electrons. The third-order valence-corrected chi connectivity index (χ3v) is 4.34. The highest BCUT2D eigenvalue weighted by Crippen LogP contribution is 2.40. The Hall–Kier alpha value is -2.26. The average Bonchev–Trinajstić information content (AvgIpc) is 2.70. The maximum absolute atomic E-state index is 12.1. The summed E-state index contributed by atoms with van der Waals surface area (Å²) in [4.78, 5) is 12.1. The van der Waals surface area contributed by atoms with E-state index in [1.165, 1.54) is 0 Å². The number of hydrogen-bond donors (Lipinski definition) is 1. The summed E-state index contributed by atoms with van der Waals surface area (Å²) in [5.74, 6) is -0.590. The molecule has 0 radical (unpaired) electrons. The highest BCUT2D eigenvalue weighted by Gasteiger charge is 2.41. The fourth-order valence-corrected chi connectivity index (χ4v) is 3.03. The Labute approximate surface area is 140 Å². The third kappa shape index (κ3) is 2.62. The van der Waals surface area contributed by atoms with Crippen LogP contribution < -0.4 is 0 Å². The Kier molecular flexibility index (Phi) is 3.69. The number of aliphatic hydroxyl groups is 1. The quantitative estimate of drug-likeness (QED) is 0.796. The zero-order valence-electron chi connectivity index (χ0n) is 13.2. The number of carbonyl (C=O) groups excluding carboxylic acids is 1. The lowest BCUT2D eigenvalue weighted by atomic mass is 9.93. The minimum absolute atomic E-state index is 0.0610. The van der Waals surface area contributed by atoms with Crippen molar-refractivity contribution in [2.24, 2.45) is 0 Å². The van der Waals surface area contributed by atoms with Crippen molar-refractivity contribution in [2.75, 3.05) is 0 Å². The summed E-state index contributed by atoms with van der Waals surface area (Å²) in [7, 11) is 0. The van der Waals surface area contributed by atoms with Crippen LogP contribution in [0.2, 0.25) is 5.02 Å². The number of aryl methyl sites for hydroxylation is 1. The van der Waals surface area contributed by atoms with E-state index >= 15 is 0 Å². The first-order chi connectivity index (χ1) is 10.8. The summed E-state index contributed by atoms with van der Waals surface area (Å²) >= 11 is 6.42. The minimum atomic E-state index is -1.01. The van der Waals surface area contributed by atoms with Gasteiger partial charge in [-0.05, 0) is 49.6 Å². The molecule has 23 heavy (non-hydrogen) atoms. The number of esters is 1. The van der Waals surface area contributed by atoms with Crippen molar-refractivity contribution in [2.45, 2.75) is 26.4 Å². The topological polar surface area (TPSA) is 46.5 Å². The molecule has 0 bridgehead atoms. The van der Waals surface area contributed by atoms with Gasteiger partial charge < -0.3 is 9.84 Å². The zero-order chi connectivity index (χ0) is 16.8. The van der Waals surface area contributed by atoms with Crippen LogP contribution in [-0.2, 0) is 9.53 Å². The smallest absolute Gasteiger partial charge is 0.343 e. The number of benzene rings is 2. The second-order valence-electron chi connectivity index (χ2n) is 6.14.